The smallest absolute Gasteiger partial charge is 0.224 e. The molecule has 3 heteroatoms. The minimum atomic E-state index is 0.0891. The van der Waals surface area contributed by atoms with E-state index in [9.17, 15) is 4.79 Å². The normalized spacial score (nSPS) is 10.2. The van der Waals surface area contributed by atoms with E-state index in [0.717, 1.165) is 31.4 Å². The molecule has 1 aromatic carbocycles. The Hall–Kier alpha value is -1.35. The van der Waals surface area contributed by atoms with Crippen LogP contribution >= 0.6 is 0 Å². The number of nitrogens with two attached hydrogens (primary N) is 1. The Kier molecular flexibility index (Phi) is 6.33. The van der Waals surface area contributed by atoms with Crippen LogP contribution in [0.4, 0.5) is 5.69 Å². The van der Waals surface area contributed by atoms with Crippen LogP contribution < -0.4 is 11.1 Å². The third-order valence-electron chi connectivity index (χ3n) is 2.75. The van der Waals surface area contributed by atoms with Crippen LogP contribution in [0.1, 0.15) is 38.2 Å². The van der Waals surface area contributed by atoms with Crippen LogP contribution in [0.5, 0.6) is 0 Å². The first-order valence-corrected chi connectivity index (χ1v) is 6.35. The highest BCUT2D eigenvalue weighted by Gasteiger charge is 2.01. The van der Waals surface area contributed by atoms with Gasteiger partial charge in [-0.1, -0.05) is 25.5 Å². The fraction of sp³-hybridized carbons (Fsp3) is 0.500. The van der Waals surface area contributed by atoms with Crippen molar-refractivity contribution < 1.29 is 4.79 Å². The number of hydrogen-bond acceptors (Lipinski definition) is 2. The van der Waals surface area contributed by atoms with Crippen molar-refractivity contribution in [2.75, 3.05) is 11.9 Å². The molecule has 1 amide bonds. The zero-order valence-corrected chi connectivity index (χ0v) is 10.5. The SMILES string of the molecule is CCc1ccc(NC(=O)CCCCCN)cc1. The number of carbonyl (C=O) groups excluding carboxylic acids is 1. The lowest BCUT2D eigenvalue weighted by Crippen LogP contribution is -2.11. The van der Waals surface area contributed by atoms with E-state index in [-0.39, 0.29) is 5.91 Å². The Morgan fingerprint density at radius 3 is 2.47 bits per heavy atom. The molecule has 3 N–H and O–H groups in total. The Balaban J connectivity index is 2.29. The highest BCUT2D eigenvalue weighted by Crippen LogP contribution is 2.11. The van der Waals surface area contributed by atoms with Gasteiger partial charge in [0.25, 0.3) is 0 Å². The first-order chi connectivity index (χ1) is 8.26. The summed E-state index contributed by atoms with van der Waals surface area (Å²) in [6, 6.07) is 8.00. The van der Waals surface area contributed by atoms with Gasteiger partial charge in [-0.25, -0.2) is 0 Å². The van der Waals surface area contributed by atoms with Gasteiger partial charge in [0.2, 0.25) is 5.91 Å². The fourth-order valence-corrected chi connectivity index (χ4v) is 1.65. The maximum atomic E-state index is 11.6. The summed E-state index contributed by atoms with van der Waals surface area (Å²) >= 11 is 0. The summed E-state index contributed by atoms with van der Waals surface area (Å²) in [4.78, 5) is 11.6. The van der Waals surface area contributed by atoms with Gasteiger partial charge in [0, 0.05) is 12.1 Å². The minimum Gasteiger partial charge on any atom is -0.330 e. The second kappa shape index (κ2) is 7.85. The molecule has 0 spiro atoms. The molecule has 0 unspecified atom stereocenters. The van der Waals surface area contributed by atoms with Gasteiger partial charge in [-0.15, -0.1) is 0 Å². The molecule has 94 valence electrons. The molecule has 0 aliphatic heterocycles. The average Bonchev–Trinajstić information content (AvgIpc) is 2.36. The van der Waals surface area contributed by atoms with Crippen molar-refractivity contribution in [1.29, 1.82) is 0 Å². The van der Waals surface area contributed by atoms with Crippen molar-refractivity contribution in [3.8, 4) is 0 Å². The minimum absolute atomic E-state index is 0.0891. The van der Waals surface area contributed by atoms with Crippen molar-refractivity contribution in [1.82, 2.24) is 0 Å². The highest BCUT2D eigenvalue weighted by atomic mass is 16.1. The van der Waals surface area contributed by atoms with Crippen LogP contribution in [0.3, 0.4) is 0 Å². The number of carbonyl (C=O) groups is 1. The topological polar surface area (TPSA) is 55.1 Å². The maximum Gasteiger partial charge on any atom is 0.224 e. The molecule has 0 aromatic heterocycles. The molecule has 0 heterocycles. The summed E-state index contributed by atoms with van der Waals surface area (Å²) in [5, 5.41) is 2.90. The van der Waals surface area contributed by atoms with Crippen LogP contribution in [0, 0.1) is 0 Å². The quantitative estimate of drug-likeness (QED) is 0.713. The molecular weight excluding hydrogens is 212 g/mol. The number of anilines is 1. The largest absolute Gasteiger partial charge is 0.330 e. The number of hydrogen-bond donors (Lipinski definition) is 2. The van der Waals surface area contributed by atoms with E-state index in [1.807, 2.05) is 24.3 Å². The summed E-state index contributed by atoms with van der Waals surface area (Å²) in [6.07, 6.45) is 4.54. The van der Waals surface area contributed by atoms with E-state index in [2.05, 4.69) is 12.2 Å². The van der Waals surface area contributed by atoms with Gasteiger partial charge in [-0.05, 0) is 43.5 Å². The second-order valence-electron chi connectivity index (χ2n) is 4.20. The zero-order chi connectivity index (χ0) is 12.5. The summed E-state index contributed by atoms with van der Waals surface area (Å²) in [6.45, 7) is 2.82. The van der Waals surface area contributed by atoms with Gasteiger partial charge in [0.1, 0.15) is 0 Å². The molecule has 0 aliphatic rings. The number of aryl methyl sites for hydroxylation is 1. The van der Waals surface area contributed by atoms with Crippen molar-refractivity contribution in [3.63, 3.8) is 0 Å². The van der Waals surface area contributed by atoms with Gasteiger partial charge in [0.15, 0.2) is 0 Å². The molecule has 0 radical (unpaired) electrons. The Bertz CT molecular complexity index is 333. The van der Waals surface area contributed by atoms with Gasteiger partial charge in [0.05, 0.1) is 0 Å². The summed E-state index contributed by atoms with van der Waals surface area (Å²) in [5.41, 5.74) is 7.56. The van der Waals surface area contributed by atoms with Gasteiger partial charge in [-0.2, -0.15) is 0 Å². The number of benzene rings is 1. The molecule has 0 aliphatic carbocycles. The monoisotopic (exact) mass is 234 g/mol. The molecule has 0 bridgehead atoms. The zero-order valence-electron chi connectivity index (χ0n) is 10.5. The van der Waals surface area contributed by atoms with Crippen molar-refractivity contribution in [3.05, 3.63) is 29.8 Å². The third-order valence-corrected chi connectivity index (χ3v) is 2.75. The molecule has 1 aromatic rings. The molecular formula is C14H22N2O. The number of unbranched alkanes of at least 4 members (excludes halogenated alkanes) is 2. The summed E-state index contributed by atoms with van der Waals surface area (Å²) < 4.78 is 0. The first kappa shape index (κ1) is 13.7. The summed E-state index contributed by atoms with van der Waals surface area (Å²) in [5.74, 6) is 0.0891. The molecule has 0 saturated carbocycles. The molecule has 0 atom stereocenters. The van der Waals surface area contributed by atoms with E-state index in [1.165, 1.54) is 5.56 Å². The van der Waals surface area contributed by atoms with Gasteiger partial charge in [-0.3, -0.25) is 4.79 Å². The van der Waals surface area contributed by atoms with Crippen molar-refractivity contribution in [2.45, 2.75) is 39.0 Å². The number of rotatable bonds is 7. The summed E-state index contributed by atoms with van der Waals surface area (Å²) in [7, 11) is 0. The predicted octanol–water partition coefficient (Wildman–Crippen LogP) is 2.71. The van der Waals surface area contributed by atoms with Crippen LogP contribution in [0.25, 0.3) is 0 Å². The fourth-order valence-electron chi connectivity index (χ4n) is 1.65. The number of nitrogens with one attached hydrogen (secondary N) is 1. The third kappa shape index (κ3) is 5.50. The van der Waals surface area contributed by atoms with E-state index < -0.39 is 0 Å². The van der Waals surface area contributed by atoms with Crippen LogP contribution in [-0.4, -0.2) is 12.5 Å². The maximum absolute atomic E-state index is 11.6. The highest BCUT2D eigenvalue weighted by molar-refractivity contribution is 5.90. The first-order valence-electron chi connectivity index (χ1n) is 6.35. The Labute approximate surface area is 103 Å². The standard InChI is InChI=1S/C14H22N2O/c1-2-12-7-9-13(10-8-12)16-14(17)6-4-3-5-11-15/h7-10H,2-6,11,15H2,1H3,(H,16,17). The Morgan fingerprint density at radius 1 is 1.18 bits per heavy atom. The number of amides is 1. The van der Waals surface area contributed by atoms with Crippen LogP contribution in [0.15, 0.2) is 24.3 Å². The molecule has 1 rings (SSSR count). The van der Waals surface area contributed by atoms with E-state index in [0.29, 0.717) is 13.0 Å². The predicted molar refractivity (Wildman–Crippen MR) is 72.0 cm³/mol. The van der Waals surface area contributed by atoms with Crippen molar-refractivity contribution in [2.24, 2.45) is 5.73 Å². The molecule has 3 nitrogen and oxygen atoms in total. The van der Waals surface area contributed by atoms with Crippen LogP contribution in [0.2, 0.25) is 0 Å². The average molecular weight is 234 g/mol. The molecule has 0 fully saturated rings. The van der Waals surface area contributed by atoms with Crippen molar-refractivity contribution >= 4 is 11.6 Å². The van der Waals surface area contributed by atoms with E-state index >= 15 is 0 Å². The Morgan fingerprint density at radius 2 is 1.88 bits per heavy atom. The lowest BCUT2D eigenvalue weighted by Gasteiger charge is -2.05. The van der Waals surface area contributed by atoms with E-state index in [1.54, 1.807) is 0 Å². The van der Waals surface area contributed by atoms with E-state index in [4.69, 9.17) is 5.73 Å². The lowest BCUT2D eigenvalue weighted by atomic mass is 10.1. The lowest BCUT2D eigenvalue weighted by molar-refractivity contribution is -0.116. The van der Waals surface area contributed by atoms with Crippen LogP contribution in [-0.2, 0) is 11.2 Å². The van der Waals surface area contributed by atoms with Gasteiger partial charge >= 0.3 is 0 Å². The second-order valence-corrected chi connectivity index (χ2v) is 4.20. The van der Waals surface area contributed by atoms with Gasteiger partial charge < -0.3 is 11.1 Å². The molecule has 0 saturated heterocycles. The molecule has 17 heavy (non-hydrogen) atoms.